The Morgan fingerprint density at radius 2 is 1.97 bits per heavy atom. The zero-order valence-corrected chi connectivity index (χ0v) is 20.4. The Labute approximate surface area is 207 Å². The van der Waals surface area contributed by atoms with Gasteiger partial charge in [0, 0.05) is 38.2 Å². The SMILES string of the molecule is O=C(OC1CCOC1)N1CCC(CS(=O)(=O)N2CC=C(c3cc(F)ccc3F)CC2)(C(=O)NO)CC1. The van der Waals surface area contributed by atoms with Crippen LogP contribution >= 0.6 is 0 Å². The number of nitrogens with one attached hydrogen (secondary N) is 1. The van der Waals surface area contributed by atoms with Crippen molar-refractivity contribution in [2.24, 2.45) is 5.41 Å². The number of amides is 2. The molecule has 1 aromatic carbocycles. The molecule has 2 fully saturated rings. The van der Waals surface area contributed by atoms with Gasteiger partial charge in [-0.3, -0.25) is 10.0 Å². The lowest BCUT2D eigenvalue weighted by molar-refractivity contribution is -0.141. The molecule has 36 heavy (non-hydrogen) atoms. The molecule has 0 aromatic heterocycles. The molecule has 198 valence electrons. The van der Waals surface area contributed by atoms with Gasteiger partial charge in [-0.05, 0) is 43.0 Å². The second-order valence-corrected chi connectivity index (χ2v) is 11.3. The van der Waals surface area contributed by atoms with Gasteiger partial charge in [0.05, 0.1) is 24.4 Å². The summed E-state index contributed by atoms with van der Waals surface area (Å²) in [7, 11) is -3.98. The zero-order valence-electron chi connectivity index (χ0n) is 19.6. The highest BCUT2D eigenvalue weighted by Gasteiger charge is 2.47. The summed E-state index contributed by atoms with van der Waals surface area (Å²) in [4.78, 5) is 26.5. The van der Waals surface area contributed by atoms with Crippen LogP contribution in [0.3, 0.4) is 0 Å². The number of hydrogen-bond donors (Lipinski definition) is 2. The van der Waals surface area contributed by atoms with Gasteiger partial charge in [-0.1, -0.05) is 6.08 Å². The molecule has 4 rings (SSSR count). The topological polar surface area (TPSA) is 125 Å². The number of halogens is 2. The lowest BCUT2D eigenvalue weighted by Crippen LogP contribution is -2.54. The standard InChI is InChI=1S/C23H29F2N3O7S/c24-17-1-2-20(25)19(13-17)16-3-8-28(9-4-16)36(32,33)15-23(21(29)26-31)6-10-27(11-7-23)22(30)35-18-5-12-34-14-18/h1-3,13,18,31H,4-12,14-15H2,(H,26,29). The fraction of sp³-hybridized carbons (Fsp3) is 0.565. The van der Waals surface area contributed by atoms with Crippen LogP contribution < -0.4 is 5.48 Å². The molecule has 1 aromatic rings. The molecule has 3 aliphatic rings. The summed E-state index contributed by atoms with van der Waals surface area (Å²) in [6, 6.07) is 3.11. The molecule has 0 radical (unpaired) electrons. The van der Waals surface area contributed by atoms with E-state index in [1.54, 1.807) is 5.48 Å². The Morgan fingerprint density at radius 1 is 1.22 bits per heavy atom. The number of sulfonamides is 1. The number of carbonyl (C=O) groups excluding carboxylic acids is 2. The highest BCUT2D eigenvalue weighted by atomic mass is 32.2. The molecular weight excluding hydrogens is 500 g/mol. The smallest absolute Gasteiger partial charge is 0.410 e. The summed E-state index contributed by atoms with van der Waals surface area (Å²) in [6.07, 6.45) is 1.45. The van der Waals surface area contributed by atoms with Crippen LogP contribution in [0.25, 0.3) is 5.57 Å². The van der Waals surface area contributed by atoms with Crippen molar-refractivity contribution in [3.63, 3.8) is 0 Å². The van der Waals surface area contributed by atoms with E-state index in [4.69, 9.17) is 9.47 Å². The first-order valence-electron chi connectivity index (χ1n) is 11.7. The van der Waals surface area contributed by atoms with Crippen LogP contribution in [0.1, 0.15) is 31.2 Å². The average molecular weight is 530 g/mol. The lowest BCUT2D eigenvalue weighted by atomic mass is 9.79. The van der Waals surface area contributed by atoms with Gasteiger partial charge >= 0.3 is 6.09 Å². The van der Waals surface area contributed by atoms with Gasteiger partial charge in [0.25, 0.3) is 5.91 Å². The molecular formula is C23H29F2N3O7S. The normalized spacial score (nSPS) is 22.7. The molecule has 10 nitrogen and oxygen atoms in total. The Balaban J connectivity index is 1.42. The van der Waals surface area contributed by atoms with Crippen LogP contribution in [-0.2, 0) is 24.3 Å². The monoisotopic (exact) mass is 529 g/mol. The van der Waals surface area contributed by atoms with Crippen molar-refractivity contribution in [2.45, 2.75) is 31.8 Å². The van der Waals surface area contributed by atoms with E-state index < -0.39 is 44.8 Å². The van der Waals surface area contributed by atoms with E-state index in [9.17, 15) is 32.0 Å². The van der Waals surface area contributed by atoms with Crippen molar-refractivity contribution in [1.29, 1.82) is 0 Å². The minimum Gasteiger partial charge on any atom is -0.444 e. The van der Waals surface area contributed by atoms with Gasteiger partial charge in [0.15, 0.2) is 0 Å². The molecule has 2 saturated heterocycles. The van der Waals surface area contributed by atoms with E-state index >= 15 is 0 Å². The highest BCUT2D eigenvalue weighted by Crippen LogP contribution is 2.36. The second kappa shape index (κ2) is 10.8. The van der Waals surface area contributed by atoms with E-state index in [-0.39, 0.29) is 57.1 Å². The third-order valence-corrected chi connectivity index (χ3v) is 9.05. The number of nitrogens with zero attached hydrogens (tertiary/aromatic N) is 2. The first-order valence-corrected chi connectivity index (χ1v) is 13.3. The highest BCUT2D eigenvalue weighted by molar-refractivity contribution is 7.89. The van der Waals surface area contributed by atoms with Gasteiger partial charge < -0.3 is 14.4 Å². The van der Waals surface area contributed by atoms with E-state index in [1.807, 2.05) is 0 Å². The molecule has 0 bridgehead atoms. The maximum absolute atomic E-state index is 14.1. The van der Waals surface area contributed by atoms with Crippen LogP contribution in [0.5, 0.6) is 0 Å². The van der Waals surface area contributed by atoms with Gasteiger partial charge in [-0.25, -0.2) is 27.5 Å². The van der Waals surface area contributed by atoms with Gasteiger partial charge in [0.1, 0.15) is 17.7 Å². The summed E-state index contributed by atoms with van der Waals surface area (Å²) in [5.74, 6) is -2.59. The number of likely N-dealkylation sites (tertiary alicyclic amines) is 1. The summed E-state index contributed by atoms with van der Waals surface area (Å²) in [5.41, 5.74) is 0.727. The molecule has 3 aliphatic heterocycles. The van der Waals surface area contributed by atoms with E-state index in [1.165, 1.54) is 15.3 Å². The summed E-state index contributed by atoms with van der Waals surface area (Å²) < 4.78 is 66.0. The molecule has 2 N–H and O–H groups in total. The Kier molecular flexibility index (Phi) is 7.93. The number of carbonyl (C=O) groups is 2. The number of benzene rings is 1. The van der Waals surface area contributed by atoms with Crippen LogP contribution in [0.4, 0.5) is 13.6 Å². The van der Waals surface area contributed by atoms with Crippen LogP contribution in [0.15, 0.2) is 24.3 Å². The first-order chi connectivity index (χ1) is 17.1. The summed E-state index contributed by atoms with van der Waals surface area (Å²) >= 11 is 0. The van der Waals surface area contributed by atoms with Crippen LogP contribution in [0, 0.1) is 17.0 Å². The molecule has 0 saturated carbocycles. The second-order valence-electron chi connectivity index (χ2n) is 9.30. The molecule has 0 aliphatic carbocycles. The van der Waals surface area contributed by atoms with E-state index in [0.717, 1.165) is 18.2 Å². The largest absolute Gasteiger partial charge is 0.444 e. The fourth-order valence-corrected chi connectivity index (χ4v) is 6.80. The Bertz CT molecular complexity index is 1130. The van der Waals surface area contributed by atoms with Crippen molar-refractivity contribution in [1.82, 2.24) is 14.7 Å². The average Bonchev–Trinajstić information content (AvgIpc) is 3.38. The Hall–Kier alpha value is -2.61. The van der Waals surface area contributed by atoms with Crippen LogP contribution in [0.2, 0.25) is 0 Å². The van der Waals surface area contributed by atoms with Gasteiger partial charge in [-0.15, -0.1) is 0 Å². The minimum absolute atomic E-state index is 0.0122. The number of piperidine rings is 1. The van der Waals surface area contributed by atoms with Crippen molar-refractivity contribution >= 4 is 27.6 Å². The number of hydrogen-bond acceptors (Lipinski definition) is 7. The molecule has 2 amide bonds. The lowest BCUT2D eigenvalue weighted by Gasteiger charge is -2.40. The molecule has 13 heteroatoms. The van der Waals surface area contributed by atoms with Crippen molar-refractivity contribution in [3.05, 3.63) is 41.5 Å². The van der Waals surface area contributed by atoms with Gasteiger partial charge in [-0.2, -0.15) is 4.31 Å². The molecule has 0 spiro atoms. The maximum atomic E-state index is 14.1. The quantitative estimate of drug-likeness (QED) is 0.426. The van der Waals surface area contributed by atoms with Crippen LogP contribution in [-0.4, -0.2) is 86.1 Å². The molecule has 3 heterocycles. The fourth-order valence-electron chi connectivity index (χ4n) is 4.83. The zero-order chi connectivity index (χ0) is 25.9. The predicted octanol–water partition coefficient (Wildman–Crippen LogP) is 1.90. The van der Waals surface area contributed by atoms with Crippen molar-refractivity contribution in [3.8, 4) is 0 Å². The number of rotatable bonds is 6. The first kappa shape index (κ1) is 26.5. The Morgan fingerprint density at radius 3 is 2.58 bits per heavy atom. The minimum atomic E-state index is -3.98. The third-order valence-electron chi connectivity index (χ3n) is 7.02. The predicted molar refractivity (Wildman–Crippen MR) is 123 cm³/mol. The summed E-state index contributed by atoms with van der Waals surface area (Å²) in [5, 5.41) is 9.33. The molecule has 1 atom stereocenters. The van der Waals surface area contributed by atoms with Gasteiger partial charge in [0.2, 0.25) is 10.0 Å². The third kappa shape index (κ3) is 5.69. The molecule has 1 unspecified atom stereocenters. The number of ether oxygens (including phenoxy) is 2. The number of hydroxylamine groups is 1. The van der Waals surface area contributed by atoms with E-state index in [0.29, 0.717) is 25.2 Å². The van der Waals surface area contributed by atoms with Crippen molar-refractivity contribution < 1.29 is 41.5 Å². The van der Waals surface area contributed by atoms with E-state index in [2.05, 4.69) is 0 Å². The van der Waals surface area contributed by atoms with Crippen molar-refractivity contribution in [2.75, 3.05) is 45.1 Å². The maximum Gasteiger partial charge on any atom is 0.410 e. The summed E-state index contributed by atoms with van der Waals surface area (Å²) in [6.45, 7) is 0.970.